The van der Waals surface area contributed by atoms with Crippen molar-refractivity contribution in [2.24, 2.45) is 5.41 Å². The summed E-state index contributed by atoms with van der Waals surface area (Å²) in [5.41, 5.74) is -0.693. The second-order valence-electron chi connectivity index (χ2n) is 11.6. The molecule has 0 radical (unpaired) electrons. The van der Waals surface area contributed by atoms with Crippen molar-refractivity contribution in [3.05, 3.63) is 105 Å². The van der Waals surface area contributed by atoms with Gasteiger partial charge in [-0.1, -0.05) is 48.6 Å². The topological polar surface area (TPSA) is 116 Å². The lowest BCUT2D eigenvalue weighted by Crippen LogP contribution is -2.50. The molecule has 0 bridgehead atoms. The number of hydrogen-bond donors (Lipinski definition) is 4. The average Bonchev–Trinajstić information content (AvgIpc) is 3.49. The first-order chi connectivity index (χ1) is 21.4. The summed E-state index contributed by atoms with van der Waals surface area (Å²) in [4.78, 5) is 34.9. The Hall–Kier alpha value is -3.87. The van der Waals surface area contributed by atoms with Gasteiger partial charge in [-0.05, 0) is 43.9 Å². The molecule has 3 atom stereocenters. The zero-order valence-electron chi connectivity index (χ0n) is 25.4. The maximum Gasteiger partial charge on any atom is 0.281 e. The van der Waals surface area contributed by atoms with Crippen LogP contribution < -0.4 is 16.0 Å². The summed E-state index contributed by atoms with van der Waals surface area (Å²) in [5, 5.41) is 21.6. The van der Waals surface area contributed by atoms with Crippen LogP contribution in [0.1, 0.15) is 54.1 Å². The van der Waals surface area contributed by atoms with E-state index in [2.05, 4.69) is 25.9 Å². The van der Waals surface area contributed by atoms with Crippen LogP contribution in [0.25, 0.3) is 0 Å². The van der Waals surface area contributed by atoms with Crippen molar-refractivity contribution in [2.45, 2.75) is 63.9 Å². The summed E-state index contributed by atoms with van der Waals surface area (Å²) < 4.78 is 40.7. The van der Waals surface area contributed by atoms with E-state index in [-0.39, 0.29) is 31.0 Å². The van der Waals surface area contributed by atoms with Crippen molar-refractivity contribution in [2.75, 3.05) is 13.6 Å². The lowest BCUT2D eigenvalue weighted by Gasteiger charge is -2.32. The number of nitrogens with one attached hydrogen (secondary N) is 3. The molecule has 2 heterocycles. The SMILES string of the molecule is CNC(=O)C1(Cc2nc(C(F)F)cs2)C=CC=C(C(=O)N[C@@H](Cc2ccccc2)[C@H](O)CNCc2cncc(C(C)(C)F)c2)C1. The fraction of sp³-hybridized carbons (Fsp3) is 0.394. The van der Waals surface area contributed by atoms with Gasteiger partial charge in [0.15, 0.2) is 0 Å². The van der Waals surface area contributed by atoms with Gasteiger partial charge in [0.1, 0.15) is 11.4 Å². The quantitative estimate of drug-likeness (QED) is 0.203. The Morgan fingerprint density at radius 3 is 2.58 bits per heavy atom. The minimum Gasteiger partial charge on any atom is -0.390 e. The molecule has 4 N–H and O–H groups in total. The van der Waals surface area contributed by atoms with Gasteiger partial charge in [-0.3, -0.25) is 14.6 Å². The Morgan fingerprint density at radius 2 is 1.91 bits per heavy atom. The molecule has 1 unspecified atom stereocenters. The van der Waals surface area contributed by atoms with Crippen LogP contribution in [-0.4, -0.2) is 52.6 Å². The lowest BCUT2D eigenvalue weighted by molar-refractivity contribution is -0.128. The van der Waals surface area contributed by atoms with Gasteiger partial charge in [-0.25, -0.2) is 18.2 Å². The van der Waals surface area contributed by atoms with E-state index in [9.17, 15) is 27.9 Å². The Kier molecular flexibility index (Phi) is 11.3. The maximum absolute atomic E-state index is 14.4. The predicted molar refractivity (Wildman–Crippen MR) is 167 cm³/mol. The van der Waals surface area contributed by atoms with Crippen LogP contribution in [0.15, 0.2) is 78.0 Å². The van der Waals surface area contributed by atoms with E-state index in [1.54, 1.807) is 30.5 Å². The number of aliphatic hydroxyl groups is 1. The van der Waals surface area contributed by atoms with Crippen LogP contribution in [0.3, 0.4) is 0 Å². The number of carbonyl (C=O) groups excluding carboxylic acids is 2. The van der Waals surface area contributed by atoms with E-state index in [1.807, 2.05) is 30.3 Å². The number of aromatic nitrogens is 2. The van der Waals surface area contributed by atoms with Gasteiger partial charge in [0.25, 0.3) is 6.43 Å². The van der Waals surface area contributed by atoms with E-state index in [4.69, 9.17) is 0 Å². The van der Waals surface area contributed by atoms with Crippen molar-refractivity contribution in [3.8, 4) is 0 Å². The molecule has 0 saturated carbocycles. The fourth-order valence-corrected chi connectivity index (χ4v) is 6.08. The Morgan fingerprint density at radius 1 is 1.16 bits per heavy atom. The minimum atomic E-state index is -2.72. The highest BCUT2D eigenvalue weighted by Crippen LogP contribution is 2.37. The Bertz CT molecular complexity index is 1520. The van der Waals surface area contributed by atoms with Crippen LogP contribution in [-0.2, 0) is 34.6 Å². The molecule has 0 aliphatic heterocycles. The number of halogens is 3. The number of rotatable bonds is 14. The summed E-state index contributed by atoms with van der Waals surface area (Å²) in [7, 11) is 1.48. The molecule has 1 aliphatic carbocycles. The number of benzene rings is 1. The van der Waals surface area contributed by atoms with Crippen LogP contribution in [0.2, 0.25) is 0 Å². The van der Waals surface area contributed by atoms with E-state index in [0.717, 1.165) is 22.5 Å². The van der Waals surface area contributed by atoms with Crippen LogP contribution in [0, 0.1) is 5.41 Å². The first-order valence-electron chi connectivity index (χ1n) is 14.6. The summed E-state index contributed by atoms with van der Waals surface area (Å²) in [6, 6.07) is 10.4. The number of allylic oxidation sites excluding steroid dienone is 2. The number of pyridine rings is 1. The predicted octanol–water partition coefficient (Wildman–Crippen LogP) is 4.72. The third-order valence-electron chi connectivity index (χ3n) is 7.69. The molecule has 45 heavy (non-hydrogen) atoms. The first-order valence-corrected chi connectivity index (χ1v) is 15.5. The van der Waals surface area contributed by atoms with Gasteiger partial charge >= 0.3 is 0 Å². The third-order valence-corrected chi connectivity index (χ3v) is 8.56. The van der Waals surface area contributed by atoms with Crippen molar-refractivity contribution in [3.63, 3.8) is 0 Å². The molecule has 12 heteroatoms. The maximum atomic E-state index is 14.4. The smallest absolute Gasteiger partial charge is 0.281 e. The van der Waals surface area contributed by atoms with Gasteiger partial charge in [0.05, 0.1) is 22.6 Å². The van der Waals surface area contributed by atoms with E-state index in [1.165, 1.54) is 32.5 Å². The molecule has 0 spiro atoms. The molecule has 1 aromatic carbocycles. The van der Waals surface area contributed by atoms with Gasteiger partial charge in [0.2, 0.25) is 11.8 Å². The van der Waals surface area contributed by atoms with Gasteiger partial charge in [0, 0.05) is 55.5 Å². The molecule has 8 nitrogen and oxygen atoms in total. The van der Waals surface area contributed by atoms with Crippen molar-refractivity contribution < 1.29 is 27.9 Å². The summed E-state index contributed by atoms with van der Waals surface area (Å²) >= 11 is 1.04. The summed E-state index contributed by atoms with van der Waals surface area (Å²) in [6.45, 7) is 3.37. The summed E-state index contributed by atoms with van der Waals surface area (Å²) in [5.74, 6) is -0.826. The van der Waals surface area contributed by atoms with Crippen molar-refractivity contribution >= 4 is 23.2 Å². The number of carbonyl (C=O) groups is 2. The molecule has 240 valence electrons. The van der Waals surface area contributed by atoms with Gasteiger partial charge in [-0.2, -0.15) is 0 Å². The molecule has 4 rings (SSSR count). The average molecular weight is 642 g/mol. The standard InChI is InChI=1S/C33H38F3N5O3S/c1-32(2,36)24-12-22(16-38-18-24)17-39-19-27(42)25(13-21-8-5-4-6-9-21)41-30(43)23-10-7-11-33(14-23,31(44)37-3)15-28-40-26(20-45-28)29(34)35/h4-12,16,18,20,25,27,29,39,42H,13-15,17,19H2,1-3H3,(H,37,44)(H,41,43)/t25-,27+,33?/m0/s1. The second-order valence-corrected chi connectivity index (χ2v) is 12.6. The number of alkyl halides is 3. The zero-order chi connectivity index (χ0) is 32.6. The number of nitrogens with zero attached hydrogens (tertiary/aromatic N) is 2. The molecule has 0 saturated heterocycles. The molecular formula is C33H38F3N5O3S. The molecule has 3 aromatic rings. The van der Waals surface area contributed by atoms with E-state index >= 15 is 0 Å². The van der Waals surface area contributed by atoms with Crippen molar-refractivity contribution in [1.82, 2.24) is 25.9 Å². The number of aliphatic hydroxyl groups excluding tert-OH is 1. The highest BCUT2D eigenvalue weighted by atomic mass is 32.1. The molecule has 2 aromatic heterocycles. The van der Waals surface area contributed by atoms with Gasteiger partial charge in [-0.15, -0.1) is 11.3 Å². The largest absolute Gasteiger partial charge is 0.390 e. The van der Waals surface area contributed by atoms with Crippen molar-refractivity contribution in [1.29, 1.82) is 0 Å². The Balaban J connectivity index is 1.47. The third kappa shape index (κ3) is 9.09. The zero-order valence-corrected chi connectivity index (χ0v) is 26.2. The molecule has 0 fully saturated rings. The number of thiazole rings is 1. The van der Waals surface area contributed by atoms with Crippen LogP contribution >= 0.6 is 11.3 Å². The minimum absolute atomic E-state index is 0.0132. The summed E-state index contributed by atoms with van der Waals surface area (Å²) in [6.07, 6.45) is 4.66. The Labute approximate surface area is 264 Å². The highest BCUT2D eigenvalue weighted by molar-refractivity contribution is 7.09. The lowest BCUT2D eigenvalue weighted by atomic mass is 9.74. The fourth-order valence-electron chi connectivity index (χ4n) is 5.17. The molecular weight excluding hydrogens is 603 g/mol. The highest BCUT2D eigenvalue weighted by Gasteiger charge is 2.40. The van der Waals surface area contributed by atoms with E-state index in [0.29, 0.717) is 29.1 Å². The van der Waals surface area contributed by atoms with Crippen LogP contribution in [0.5, 0.6) is 0 Å². The first kappa shape index (κ1) is 34.0. The van der Waals surface area contributed by atoms with Crippen LogP contribution in [0.4, 0.5) is 13.2 Å². The molecule has 2 amide bonds. The monoisotopic (exact) mass is 641 g/mol. The number of amides is 2. The number of hydrogen-bond acceptors (Lipinski definition) is 7. The second kappa shape index (κ2) is 14.9. The van der Waals surface area contributed by atoms with Gasteiger partial charge < -0.3 is 21.1 Å². The van der Waals surface area contributed by atoms with E-state index < -0.39 is 35.6 Å². The molecule has 1 aliphatic rings. The normalized spacial score (nSPS) is 17.9.